The van der Waals surface area contributed by atoms with Crippen molar-refractivity contribution in [3.8, 4) is 0 Å². The van der Waals surface area contributed by atoms with Gasteiger partial charge in [-0.2, -0.15) is 0 Å². The number of hydrogen-bond acceptors (Lipinski definition) is 0. The van der Waals surface area contributed by atoms with Crippen molar-refractivity contribution < 1.29 is 0 Å². The average molecular weight is 482 g/mol. The minimum atomic E-state index is 1.09. The van der Waals surface area contributed by atoms with E-state index in [0.29, 0.717) is 0 Å². The van der Waals surface area contributed by atoms with E-state index in [9.17, 15) is 0 Å². The number of fused-ring (bicyclic) bond motifs is 2. The standard InChI is InChI=1S/C30H41Br/c1-9-18-20(11-3)24(15-7)28-26(22(18)13-5)17-27-23(14-6)19(10-2)21(12-4)25(16-8)29(27)30(28)31/h17H,9-16H2,1-8H3. The normalized spacial score (nSPS) is 11.8. The minimum Gasteiger partial charge on any atom is -0.0613 e. The molecule has 0 fully saturated rings. The van der Waals surface area contributed by atoms with Crippen LogP contribution in [-0.4, -0.2) is 0 Å². The molecule has 0 atom stereocenters. The van der Waals surface area contributed by atoms with Crippen molar-refractivity contribution in [3.05, 3.63) is 55.0 Å². The first kappa shape index (κ1) is 24.3. The van der Waals surface area contributed by atoms with Gasteiger partial charge in [-0.25, -0.2) is 0 Å². The van der Waals surface area contributed by atoms with E-state index in [-0.39, 0.29) is 0 Å². The van der Waals surface area contributed by atoms with E-state index >= 15 is 0 Å². The molecule has 0 aliphatic carbocycles. The third-order valence-electron chi connectivity index (χ3n) is 7.53. The Morgan fingerprint density at radius 3 is 0.935 bits per heavy atom. The zero-order chi connectivity index (χ0) is 22.9. The van der Waals surface area contributed by atoms with Crippen molar-refractivity contribution in [1.29, 1.82) is 0 Å². The molecule has 0 aliphatic rings. The number of hydrogen-bond donors (Lipinski definition) is 0. The van der Waals surface area contributed by atoms with E-state index in [1.165, 1.54) is 26.0 Å². The van der Waals surface area contributed by atoms with Gasteiger partial charge in [-0.05, 0) is 129 Å². The summed E-state index contributed by atoms with van der Waals surface area (Å²) in [7, 11) is 0. The van der Waals surface area contributed by atoms with Gasteiger partial charge in [0, 0.05) is 15.2 Å². The molecule has 0 unspecified atom stereocenters. The van der Waals surface area contributed by atoms with E-state index in [1.54, 1.807) is 44.5 Å². The summed E-state index contributed by atoms with van der Waals surface area (Å²) in [6.07, 6.45) is 8.88. The van der Waals surface area contributed by atoms with Gasteiger partial charge in [0.05, 0.1) is 0 Å². The lowest BCUT2D eigenvalue weighted by Crippen LogP contribution is -2.08. The molecule has 31 heavy (non-hydrogen) atoms. The highest BCUT2D eigenvalue weighted by Gasteiger charge is 2.23. The average Bonchev–Trinajstić information content (AvgIpc) is 2.80. The summed E-state index contributed by atoms with van der Waals surface area (Å²) in [5.74, 6) is 0. The van der Waals surface area contributed by atoms with Gasteiger partial charge in [-0.1, -0.05) is 55.4 Å². The van der Waals surface area contributed by atoms with Gasteiger partial charge in [0.15, 0.2) is 0 Å². The molecular weight excluding hydrogens is 440 g/mol. The molecule has 0 saturated carbocycles. The van der Waals surface area contributed by atoms with Crippen LogP contribution in [0.3, 0.4) is 0 Å². The maximum atomic E-state index is 4.21. The molecule has 0 aromatic heterocycles. The molecule has 0 amide bonds. The summed E-state index contributed by atoms with van der Waals surface area (Å²) >= 11 is 4.21. The number of aryl methyl sites for hydroxylation is 4. The monoisotopic (exact) mass is 480 g/mol. The highest BCUT2D eigenvalue weighted by atomic mass is 79.9. The maximum absolute atomic E-state index is 4.21. The minimum absolute atomic E-state index is 1.09. The fourth-order valence-corrected chi connectivity index (χ4v) is 7.27. The van der Waals surface area contributed by atoms with Crippen LogP contribution in [0.4, 0.5) is 0 Å². The van der Waals surface area contributed by atoms with Gasteiger partial charge in [0.25, 0.3) is 0 Å². The molecule has 0 nitrogen and oxygen atoms in total. The smallest absolute Gasteiger partial charge is 0.0338 e. The van der Waals surface area contributed by atoms with Crippen LogP contribution in [0.15, 0.2) is 10.5 Å². The van der Waals surface area contributed by atoms with E-state index in [0.717, 1.165) is 51.4 Å². The summed E-state index contributed by atoms with van der Waals surface area (Å²) in [5.41, 5.74) is 12.7. The van der Waals surface area contributed by atoms with Crippen molar-refractivity contribution in [2.75, 3.05) is 0 Å². The fraction of sp³-hybridized carbons (Fsp3) is 0.533. The lowest BCUT2D eigenvalue weighted by molar-refractivity contribution is 0.956. The second-order valence-electron chi connectivity index (χ2n) is 8.69. The van der Waals surface area contributed by atoms with Gasteiger partial charge in [-0.15, -0.1) is 0 Å². The summed E-state index contributed by atoms with van der Waals surface area (Å²) in [6.45, 7) is 18.7. The van der Waals surface area contributed by atoms with Crippen molar-refractivity contribution in [3.63, 3.8) is 0 Å². The third kappa shape index (κ3) is 3.65. The molecule has 0 heterocycles. The molecule has 0 radical (unpaired) electrons. The van der Waals surface area contributed by atoms with Crippen LogP contribution in [-0.2, 0) is 51.4 Å². The lowest BCUT2D eigenvalue weighted by Gasteiger charge is -2.26. The zero-order valence-electron chi connectivity index (χ0n) is 21.1. The van der Waals surface area contributed by atoms with Crippen LogP contribution in [0.25, 0.3) is 21.5 Å². The zero-order valence-corrected chi connectivity index (χ0v) is 22.7. The lowest BCUT2D eigenvalue weighted by atomic mass is 9.80. The van der Waals surface area contributed by atoms with E-state index < -0.39 is 0 Å². The molecule has 0 spiro atoms. The highest BCUT2D eigenvalue weighted by molar-refractivity contribution is 9.10. The predicted octanol–water partition coefficient (Wildman–Crippen LogP) is 9.25. The highest BCUT2D eigenvalue weighted by Crippen LogP contribution is 2.45. The summed E-state index contributed by atoms with van der Waals surface area (Å²) < 4.78 is 1.35. The Morgan fingerprint density at radius 1 is 0.419 bits per heavy atom. The van der Waals surface area contributed by atoms with Crippen LogP contribution in [0.5, 0.6) is 0 Å². The van der Waals surface area contributed by atoms with E-state index in [2.05, 4.69) is 77.4 Å². The van der Waals surface area contributed by atoms with Gasteiger partial charge in [0.1, 0.15) is 0 Å². The number of rotatable bonds is 8. The van der Waals surface area contributed by atoms with Gasteiger partial charge >= 0.3 is 0 Å². The van der Waals surface area contributed by atoms with Crippen molar-refractivity contribution in [2.45, 2.75) is 107 Å². The van der Waals surface area contributed by atoms with Crippen molar-refractivity contribution >= 4 is 37.5 Å². The molecule has 0 saturated heterocycles. The third-order valence-corrected chi connectivity index (χ3v) is 8.33. The fourth-order valence-electron chi connectivity index (χ4n) is 6.37. The Kier molecular flexibility index (Phi) is 7.90. The molecule has 0 bridgehead atoms. The Labute approximate surface area is 199 Å². The number of benzene rings is 3. The van der Waals surface area contributed by atoms with Crippen molar-refractivity contribution in [2.24, 2.45) is 0 Å². The largest absolute Gasteiger partial charge is 0.0613 e. The first-order valence-corrected chi connectivity index (χ1v) is 13.5. The second-order valence-corrected chi connectivity index (χ2v) is 9.49. The van der Waals surface area contributed by atoms with E-state index in [4.69, 9.17) is 0 Å². The predicted molar refractivity (Wildman–Crippen MR) is 144 cm³/mol. The molecule has 168 valence electrons. The Balaban J connectivity index is 2.74. The Morgan fingerprint density at radius 2 is 0.677 bits per heavy atom. The second kappa shape index (κ2) is 10.1. The van der Waals surface area contributed by atoms with Crippen LogP contribution in [0.1, 0.15) is 99.9 Å². The van der Waals surface area contributed by atoms with Crippen LogP contribution >= 0.6 is 15.9 Å². The van der Waals surface area contributed by atoms with E-state index in [1.807, 2.05) is 0 Å². The molecule has 3 rings (SSSR count). The molecule has 0 N–H and O–H groups in total. The molecule has 3 aromatic rings. The summed E-state index contributed by atoms with van der Waals surface area (Å²) in [6, 6.07) is 2.59. The molecular formula is C30H41Br. The van der Waals surface area contributed by atoms with Crippen LogP contribution in [0.2, 0.25) is 0 Å². The first-order valence-electron chi connectivity index (χ1n) is 12.8. The van der Waals surface area contributed by atoms with Crippen LogP contribution < -0.4 is 0 Å². The van der Waals surface area contributed by atoms with Crippen molar-refractivity contribution in [1.82, 2.24) is 0 Å². The van der Waals surface area contributed by atoms with Gasteiger partial charge < -0.3 is 0 Å². The molecule has 1 heteroatoms. The Hall–Kier alpha value is -1.34. The first-order chi connectivity index (χ1) is 15.0. The SMILES string of the molecule is CCc1c(CC)c(CC)c2c(Br)c3c(CC)c(CC)c(CC)c(CC)c3cc2c1CC. The summed E-state index contributed by atoms with van der Waals surface area (Å²) in [4.78, 5) is 0. The van der Waals surface area contributed by atoms with Gasteiger partial charge in [-0.3, -0.25) is 0 Å². The van der Waals surface area contributed by atoms with Crippen LogP contribution in [0, 0.1) is 0 Å². The molecule has 0 aliphatic heterocycles. The Bertz CT molecular complexity index is 1030. The topological polar surface area (TPSA) is 0 Å². The van der Waals surface area contributed by atoms with Gasteiger partial charge in [0.2, 0.25) is 0 Å². The maximum Gasteiger partial charge on any atom is 0.0338 e. The molecule has 3 aromatic carbocycles. The summed E-state index contributed by atoms with van der Waals surface area (Å²) in [5, 5.41) is 5.97. The number of halogens is 1. The quantitative estimate of drug-likeness (QED) is 0.281.